The lowest BCUT2D eigenvalue weighted by Crippen LogP contribution is -2.47. The first-order valence-electron chi connectivity index (χ1n) is 11.5. The molecular weight excluding hydrogens is 298 g/mol. The summed E-state index contributed by atoms with van der Waals surface area (Å²) in [5.74, 6) is -0.715. The van der Waals surface area contributed by atoms with Crippen LogP contribution in [0.5, 0.6) is 0 Å². The Labute approximate surface area is 151 Å². The van der Waals surface area contributed by atoms with E-state index in [0.717, 1.165) is 0 Å². The van der Waals surface area contributed by atoms with Crippen molar-refractivity contribution < 1.29 is 13.0 Å². The van der Waals surface area contributed by atoms with Gasteiger partial charge in [-0.1, -0.05) is 18.2 Å². The van der Waals surface area contributed by atoms with Crippen LogP contribution in [-0.4, -0.2) is 53.3 Å². The summed E-state index contributed by atoms with van der Waals surface area (Å²) in [4.78, 5) is 19.1. The molecule has 1 aromatic carbocycles. The van der Waals surface area contributed by atoms with Crippen molar-refractivity contribution in [3.63, 3.8) is 0 Å². The largest absolute Gasteiger partial charge is 0.361 e. The summed E-state index contributed by atoms with van der Waals surface area (Å²) in [6.45, 7) is 2.57. The van der Waals surface area contributed by atoms with Crippen molar-refractivity contribution >= 4 is 22.4 Å². The highest BCUT2D eigenvalue weighted by Gasteiger charge is 2.36. The van der Waals surface area contributed by atoms with Gasteiger partial charge in [-0.2, -0.15) is 0 Å². The van der Waals surface area contributed by atoms with Gasteiger partial charge in [0.2, 0.25) is 5.91 Å². The minimum Gasteiger partial charge on any atom is -0.361 e. The third-order valence-corrected chi connectivity index (χ3v) is 5.18. The fourth-order valence-electron chi connectivity index (χ4n) is 3.93. The SMILES string of the molecule is [2H]c1cc2c3c(c([2H])[nH]c3c1[2H])C[C@@H]1C2=C[C@@H](C(=O)N(CC)CC)CN1C([2H])([2H])[2H]. The number of likely N-dealkylation sites (N-methyl/N-ethyl adjacent to an activating group) is 1. The Morgan fingerprint density at radius 2 is 2.33 bits per heavy atom. The molecule has 1 N–H and O–H groups in total. The van der Waals surface area contributed by atoms with E-state index in [1.807, 2.05) is 19.9 Å². The van der Waals surface area contributed by atoms with Gasteiger partial charge in [0.05, 0.1) is 10.0 Å². The van der Waals surface area contributed by atoms with Crippen LogP contribution < -0.4 is 0 Å². The third kappa shape index (κ3) is 2.20. The lowest BCUT2D eigenvalue weighted by atomic mass is 9.79. The quantitative estimate of drug-likeness (QED) is 0.940. The maximum atomic E-state index is 13.1. The van der Waals surface area contributed by atoms with Crippen molar-refractivity contribution in [1.29, 1.82) is 0 Å². The number of amides is 1. The topological polar surface area (TPSA) is 39.3 Å². The fourth-order valence-corrected chi connectivity index (χ4v) is 3.93. The van der Waals surface area contributed by atoms with Crippen molar-refractivity contribution in [1.82, 2.24) is 14.8 Å². The van der Waals surface area contributed by atoms with Gasteiger partial charge in [-0.15, -0.1) is 0 Å². The van der Waals surface area contributed by atoms with Crippen LogP contribution in [0, 0.1) is 5.92 Å². The van der Waals surface area contributed by atoms with E-state index in [9.17, 15) is 4.79 Å². The van der Waals surface area contributed by atoms with Crippen molar-refractivity contribution in [2.45, 2.75) is 26.3 Å². The highest BCUT2D eigenvalue weighted by atomic mass is 16.2. The van der Waals surface area contributed by atoms with E-state index in [1.165, 1.54) is 4.90 Å². The molecule has 1 aliphatic heterocycles. The second-order valence-electron chi connectivity index (χ2n) is 6.42. The lowest BCUT2D eigenvalue weighted by molar-refractivity contribution is -0.134. The Hall–Kier alpha value is -2.07. The zero-order chi connectivity index (χ0) is 22.0. The Balaban J connectivity index is 1.94. The van der Waals surface area contributed by atoms with E-state index < -0.39 is 18.9 Å². The second-order valence-corrected chi connectivity index (χ2v) is 6.42. The predicted octanol–water partition coefficient (Wildman–Crippen LogP) is 2.91. The van der Waals surface area contributed by atoms with Crippen LogP contribution in [0.2, 0.25) is 0 Å². The van der Waals surface area contributed by atoms with Crippen LogP contribution in [0.4, 0.5) is 0 Å². The molecule has 0 bridgehead atoms. The standard InChI is InChI=1S/C20H25N3O/c1-4-23(5-2)20(24)14-9-16-15-7-6-8-17-19(15)13(11-21-17)10-18(16)22(3)12-14/h6-9,11,14,18,21H,4-5,10,12H2,1-3H3/t14-,18-/m1/s1/i3D3,6D,8D,11D. The summed E-state index contributed by atoms with van der Waals surface area (Å²) >= 11 is 0. The number of nitrogens with one attached hydrogen (secondary N) is 1. The van der Waals surface area contributed by atoms with Crippen LogP contribution in [-0.2, 0) is 11.2 Å². The number of fused-ring (bicyclic) bond motifs is 2. The van der Waals surface area contributed by atoms with Crippen molar-refractivity contribution in [2.75, 3.05) is 26.6 Å². The summed E-state index contributed by atoms with van der Waals surface area (Å²) in [6.07, 6.45) is 2.32. The molecule has 126 valence electrons. The monoisotopic (exact) mass is 329 g/mol. The van der Waals surface area contributed by atoms with Crippen molar-refractivity contribution in [2.24, 2.45) is 5.92 Å². The molecule has 4 rings (SSSR count). The molecule has 0 spiro atoms. The number of carbonyl (C=O) groups excluding carboxylic acids is 1. The molecule has 4 heteroatoms. The zero-order valence-corrected chi connectivity index (χ0v) is 13.9. The average Bonchev–Trinajstić information content (AvgIpc) is 3.02. The molecular formula is C20H25N3O. The van der Waals surface area contributed by atoms with E-state index in [0.29, 0.717) is 47.1 Å². The molecule has 0 saturated carbocycles. The van der Waals surface area contributed by atoms with Crippen LogP contribution in [0.3, 0.4) is 0 Å². The van der Waals surface area contributed by atoms with Crippen molar-refractivity contribution in [3.8, 4) is 0 Å². The Morgan fingerprint density at radius 1 is 1.50 bits per heavy atom. The molecule has 1 amide bonds. The average molecular weight is 329 g/mol. The number of hydrogen-bond acceptors (Lipinski definition) is 2. The maximum absolute atomic E-state index is 13.1. The number of benzene rings is 1. The van der Waals surface area contributed by atoms with Gasteiger partial charge < -0.3 is 9.88 Å². The molecule has 0 fully saturated rings. The second kappa shape index (κ2) is 5.78. The summed E-state index contributed by atoms with van der Waals surface area (Å²) in [5.41, 5.74) is 2.44. The van der Waals surface area contributed by atoms with Gasteiger partial charge in [0.15, 0.2) is 0 Å². The molecule has 0 unspecified atom stereocenters. The van der Waals surface area contributed by atoms with E-state index in [1.54, 1.807) is 11.0 Å². The number of hydrogen-bond donors (Lipinski definition) is 1. The molecule has 2 aliphatic rings. The Kier molecular flexibility index (Phi) is 2.42. The van der Waals surface area contributed by atoms with Gasteiger partial charge >= 0.3 is 0 Å². The van der Waals surface area contributed by atoms with Crippen LogP contribution >= 0.6 is 0 Å². The zero-order valence-electron chi connectivity index (χ0n) is 19.9. The molecule has 0 saturated heterocycles. The fraction of sp³-hybridized carbons (Fsp3) is 0.450. The first kappa shape index (κ1) is 10.0. The molecule has 4 nitrogen and oxygen atoms in total. The first-order chi connectivity index (χ1) is 14.1. The summed E-state index contributed by atoms with van der Waals surface area (Å²) in [7, 11) is 0. The van der Waals surface area contributed by atoms with Crippen LogP contribution in [0.15, 0.2) is 30.4 Å². The van der Waals surface area contributed by atoms with E-state index in [-0.39, 0.29) is 30.7 Å². The lowest BCUT2D eigenvalue weighted by Gasteiger charge is -2.40. The number of carbonyl (C=O) groups is 1. The number of rotatable bonds is 3. The molecule has 1 aromatic heterocycles. The highest BCUT2D eigenvalue weighted by Crippen LogP contribution is 2.40. The number of nitrogens with zero attached hydrogens (tertiary/aromatic N) is 2. The van der Waals surface area contributed by atoms with Gasteiger partial charge in [-0.3, -0.25) is 9.69 Å². The minimum atomic E-state index is -2.40. The number of H-pyrrole nitrogens is 1. The van der Waals surface area contributed by atoms with Gasteiger partial charge in [0.25, 0.3) is 0 Å². The highest BCUT2D eigenvalue weighted by molar-refractivity contribution is 5.99. The van der Waals surface area contributed by atoms with Gasteiger partial charge in [-0.05, 0) is 50.0 Å². The molecule has 24 heavy (non-hydrogen) atoms. The smallest absolute Gasteiger partial charge is 0.230 e. The molecule has 2 aromatic rings. The van der Waals surface area contributed by atoms with E-state index in [2.05, 4.69) is 4.98 Å². The molecule has 1 aliphatic carbocycles. The van der Waals surface area contributed by atoms with Crippen LogP contribution in [0.1, 0.15) is 33.2 Å². The van der Waals surface area contributed by atoms with Gasteiger partial charge in [-0.25, -0.2) is 0 Å². The predicted molar refractivity (Wildman–Crippen MR) is 97.8 cm³/mol. The Bertz CT molecular complexity index is 1050. The minimum absolute atomic E-state index is 0.00414. The molecule has 0 radical (unpaired) electrons. The first-order valence-corrected chi connectivity index (χ1v) is 8.47. The summed E-state index contributed by atoms with van der Waals surface area (Å²) < 4.78 is 48.9. The Morgan fingerprint density at radius 3 is 3.08 bits per heavy atom. The molecule has 2 heterocycles. The van der Waals surface area contributed by atoms with Crippen LogP contribution in [0.25, 0.3) is 16.5 Å². The van der Waals surface area contributed by atoms with E-state index in [4.69, 9.17) is 8.22 Å². The normalized spacial score (nSPS) is 27.2. The number of aromatic nitrogens is 1. The maximum Gasteiger partial charge on any atom is 0.230 e. The van der Waals surface area contributed by atoms with Gasteiger partial charge in [0, 0.05) is 46.9 Å². The summed E-state index contributed by atoms with van der Waals surface area (Å²) in [6, 6.07) is 1.09. The van der Waals surface area contributed by atoms with E-state index >= 15 is 0 Å². The van der Waals surface area contributed by atoms with Gasteiger partial charge in [0.1, 0.15) is 0 Å². The van der Waals surface area contributed by atoms with Crippen molar-refractivity contribution in [3.05, 3.63) is 41.5 Å². The number of aromatic amines is 1. The summed E-state index contributed by atoms with van der Waals surface area (Å²) in [5, 5.41) is 0.699. The molecule has 2 atom stereocenters. The third-order valence-electron chi connectivity index (χ3n) is 5.18.